The van der Waals surface area contributed by atoms with Gasteiger partial charge in [-0.05, 0) is 28.1 Å². The molecule has 1 amide bonds. The fraction of sp³-hybridized carbons (Fsp3) is 0.0769. The molecule has 0 unspecified atom stereocenters. The Morgan fingerprint density at radius 3 is 2.95 bits per heavy atom. The fourth-order valence-electron chi connectivity index (χ4n) is 1.77. The molecule has 3 aromatic heterocycles. The van der Waals surface area contributed by atoms with Gasteiger partial charge in [0.25, 0.3) is 0 Å². The third-order valence-corrected chi connectivity index (χ3v) is 4.56. The lowest BCUT2D eigenvalue weighted by Gasteiger charge is -2.02. The molecule has 0 atom stereocenters. The molecule has 3 aromatic rings. The SMILES string of the molecule is CC(=O)Nc1cc(-c2nc(Br)c(-c3ncc[nH]3)s2)ccn1. The summed E-state index contributed by atoms with van der Waals surface area (Å²) in [6.45, 7) is 1.45. The van der Waals surface area contributed by atoms with Crippen LogP contribution in [0.2, 0.25) is 0 Å². The number of aromatic nitrogens is 4. The number of thiazole rings is 1. The topological polar surface area (TPSA) is 83.6 Å². The fourth-order valence-corrected chi connectivity index (χ4v) is 3.41. The molecule has 3 heterocycles. The summed E-state index contributed by atoms with van der Waals surface area (Å²) < 4.78 is 0.732. The van der Waals surface area contributed by atoms with E-state index in [9.17, 15) is 4.79 Å². The summed E-state index contributed by atoms with van der Waals surface area (Å²) in [5.74, 6) is 1.11. The highest BCUT2D eigenvalue weighted by Crippen LogP contribution is 2.36. The van der Waals surface area contributed by atoms with E-state index >= 15 is 0 Å². The molecule has 0 radical (unpaired) electrons. The minimum atomic E-state index is -0.156. The van der Waals surface area contributed by atoms with E-state index in [2.05, 4.69) is 41.2 Å². The Morgan fingerprint density at radius 1 is 1.38 bits per heavy atom. The Hall–Kier alpha value is -2.06. The average molecular weight is 364 g/mol. The zero-order valence-electron chi connectivity index (χ0n) is 10.9. The Labute approximate surface area is 132 Å². The summed E-state index contributed by atoms with van der Waals surface area (Å²) in [6.07, 6.45) is 5.10. The van der Waals surface area contributed by atoms with Crippen LogP contribution in [0.5, 0.6) is 0 Å². The van der Waals surface area contributed by atoms with Crippen molar-refractivity contribution in [3.05, 3.63) is 35.3 Å². The lowest BCUT2D eigenvalue weighted by Crippen LogP contribution is -2.07. The smallest absolute Gasteiger partial charge is 0.222 e. The molecule has 0 aromatic carbocycles. The molecule has 0 saturated heterocycles. The summed E-state index contributed by atoms with van der Waals surface area (Å²) in [6, 6.07) is 3.64. The maximum Gasteiger partial charge on any atom is 0.222 e. The van der Waals surface area contributed by atoms with Gasteiger partial charge in [0.15, 0.2) is 0 Å². The monoisotopic (exact) mass is 363 g/mol. The summed E-state index contributed by atoms with van der Waals surface area (Å²) in [4.78, 5) is 27.9. The zero-order valence-corrected chi connectivity index (χ0v) is 13.3. The van der Waals surface area contributed by atoms with Crippen LogP contribution in [0.15, 0.2) is 35.3 Å². The van der Waals surface area contributed by atoms with Crippen molar-refractivity contribution < 1.29 is 4.79 Å². The molecule has 0 spiro atoms. The van der Waals surface area contributed by atoms with Crippen molar-refractivity contribution in [1.82, 2.24) is 19.9 Å². The third-order valence-electron chi connectivity index (χ3n) is 2.61. The van der Waals surface area contributed by atoms with Gasteiger partial charge in [0, 0.05) is 31.1 Å². The second kappa shape index (κ2) is 5.74. The number of H-pyrrole nitrogens is 1. The number of hydrogen-bond acceptors (Lipinski definition) is 5. The number of halogens is 1. The highest BCUT2D eigenvalue weighted by atomic mass is 79.9. The van der Waals surface area contributed by atoms with Gasteiger partial charge in [-0.2, -0.15) is 0 Å². The van der Waals surface area contributed by atoms with Crippen LogP contribution in [0.4, 0.5) is 5.82 Å². The predicted octanol–water partition coefficient (Wildman–Crippen LogP) is 3.32. The van der Waals surface area contributed by atoms with Crippen molar-refractivity contribution in [2.45, 2.75) is 6.92 Å². The van der Waals surface area contributed by atoms with Crippen molar-refractivity contribution in [1.29, 1.82) is 0 Å². The molecule has 2 N–H and O–H groups in total. The van der Waals surface area contributed by atoms with Gasteiger partial charge in [0.2, 0.25) is 5.91 Å². The molecule has 0 fully saturated rings. The van der Waals surface area contributed by atoms with E-state index in [0.717, 1.165) is 25.9 Å². The first kappa shape index (κ1) is 13.9. The van der Waals surface area contributed by atoms with Crippen molar-refractivity contribution in [3.8, 4) is 21.3 Å². The molecular formula is C13H10BrN5OS. The van der Waals surface area contributed by atoms with E-state index in [1.165, 1.54) is 18.3 Å². The number of anilines is 1. The van der Waals surface area contributed by atoms with Gasteiger partial charge in [-0.15, -0.1) is 11.3 Å². The number of aromatic amines is 1. The van der Waals surface area contributed by atoms with Gasteiger partial charge in [-0.1, -0.05) is 0 Å². The Kier molecular flexibility index (Phi) is 3.80. The van der Waals surface area contributed by atoms with Crippen LogP contribution in [-0.4, -0.2) is 25.8 Å². The van der Waals surface area contributed by atoms with Gasteiger partial charge in [0.1, 0.15) is 26.1 Å². The lowest BCUT2D eigenvalue weighted by molar-refractivity contribution is -0.114. The number of nitrogens with one attached hydrogen (secondary N) is 2. The van der Waals surface area contributed by atoms with Crippen LogP contribution in [0.3, 0.4) is 0 Å². The Balaban J connectivity index is 1.98. The van der Waals surface area contributed by atoms with Crippen LogP contribution >= 0.6 is 27.3 Å². The average Bonchev–Trinajstić information content (AvgIpc) is 3.07. The normalized spacial score (nSPS) is 10.6. The van der Waals surface area contributed by atoms with E-state index in [1.54, 1.807) is 24.7 Å². The van der Waals surface area contributed by atoms with E-state index < -0.39 is 0 Å². The standard InChI is InChI=1S/C13H10BrN5OS/c1-7(20)18-9-6-8(2-3-15-9)13-19-11(14)10(21-13)12-16-4-5-17-12/h2-6H,1H3,(H,16,17)(H,15,18,20). The minimum absolute atomic E-state index is 0.156. The van der Waals surface area contributed by atoms with Crippen molar-refractivity contribution in [2.24, 2.45) is 0 Å². The first-order chi connectivity index (χ1) is 10.1. The number of carbonyl (C=O) groups excluding carboxylic acids is 1. The number of nitrogens with zero attached hydrogens (tertiary/aromatic N) is 3. The molecule has 6 nitrogen and oxygen atoms in total. The van der Waals surface area contributed by atoms with Crippen LogP contribution in [0.1, 0.15) is 6.92 Å². The first-order valence-electron chi connectivity index (χ1n) is 6.03. The van der Waals surface area contributed by atoms with Gasteiger partial charge >= 0.3 is 0 Å². The predicted molar refractivity (Wildman–Crippen MR) is 84.9 cm³/mol. The van der Waals surface area contributed by atoms with Gasteiger partial charge in [-0.25, -0.2) is 15.0 Å². The number of hydrogen-bond donors (Lipinski definition) is 2. The summed E-state index contributed by atoms with van der Waals surface area (Å²) >= 11 is 4.95. The molecule has 21 heavy (non-hydrogen) atoms. The van der Waals surface area contributed by atoms with Crippen LogP contribution in [0, 0.1) is 0 Å². The van der Waals surface area contributed by atoms with Gasteiger partial charge in [0.05, 0.1) is 0 Å². The van der Waals surface area contributed by atoms with E-state index in [1.807, 2.05) is 6.07 Å². The Morgan fingerprint density at radius 2 is 2.24 bits per heavy atom. The number of carbonyl (C=O) groups is 1. The highest BCUT2D eigenvalue weighted by Gasteiger charge is 2.14. The number of amides is 1. The molecule has 3 rings (SSSR count). The molecule has 0 saturated carbocycles. The van der Waals surface area contributed by atoms with Crippen LogP contribution in [0.25, 0.3) is 21.3 Å². The van der Waals surface area contributed by atoms with Gasteiger partial charge < -0.3 is 10.3 Å². The number of rotatable bonds is 3. The maximum absolute atomic E-state index is 11.1. The van der Waals surface area contributed by atoms with Gasteiger partial charge in [-0.3, -0.25) is 4.79 Å². The third kappa shape index (κ3) is 3.01. The molecule has 8 heteroatoms. The zero-order chi connectivity index (χ0) is 14.8. The molecular weight excluding hydrogens is 354 g/mol. The largest absolute Gasteiger partial charge is 0.344 e. The molecule has 0 aliphatic carbocycles. The molecule has 0 aliphatic heterocycles. The maximum atomic E-state index is 11.1. The lowest BCUT2D eigenvalue weighted by atomic mass is 10.3. The van der Waals surface area contributed by atoms with E-state index in [4.69, 9.17) is 0 Å². The summed E-state index contributed by atoms with van der Waals surface area (Å²) in [5.41, 5.74) is 0.886. The Bertz CT molecular complexity index is 784. The summed E-state index contributed by atoms with van der Waals surface area (Å²) in [5, 5.41) is 3.48. The van der Waals surface area contributed by atoms with Crippen molar-refractivity contribution in [3.63, 3.8) is 0 Å². The minimum Gasteiger partial charge on any atom is -0.344 e. The van der Waals surface area contributed by atoms with Crippen LogP contribution < -0.4 is 5.32 Å². The molecule has 106 valence electrons. The highest BCUT2D eigenvalue weighted by molar-refractivity contribution is 9.10. The quantitative estimate of drug-likeness (QED) is 0.747. The second-order valence-corrected chi connectivity index (χ2v) is 5.94. The van der Waals surface area contributed by atoms with Crippen molar-refractivity contribution in [2.75, 3.05) is 5.32 Å². The van der Waals surface area contributed by atoms with Crippen molar-refractivity contribution >= 4 is 39.0 Å². The van der Waals surface area contributed by atoms with Crippen LogP contribution in [-0.2, 0) is 4.79 Å². The number of imidazole rings is 1. The molecule has 0 bridgehead atoms. The van der Waals surface area contributed by atoms with E-state index in [0.29, 0.717) is 5.82 Å². The summed E-state index contributed by atoms with van der Waals surface area (Å²) in [7, 11) is 0. The molecule has 0 aliphatic rings. The first-order valence-corrected chi connectivity index (χ1v) is 7.64. The number of pyridine rings is 1. The van der Waals surface area contributed by atoms with E-state index in [-0.39, 0.29) is 5.91 Å². The second-order valence-electron chi connectivity index (χ2n) is 4.19.